The first-order chi connectivity index (χ1) is 11.4. The van der Waals surface area contributed by atoms with E-state index in [9.17, 15) is 9.59 Å². The van der Waals surface area contributed by atoms with Crippen LogP contribution in [0.1, 0.15) is 40.3 Å². The minimum Gasteiger partial charge on any atom is -0.337 e. The maximum atomic E-state index is 12.7. The lowest BCUT2D eigenvalue weighted by molar-refractivity contribution is 0.0754. The molecule has 1 aromatic heterocycles. The average molecular weight is 389 g/mol. The number of imidazole rings is 1. The minimum atomic E-state index is -1.18. The van der Waals surface area contributed by atoms with Gasteiger partial charge in [-0.05, 0) is 26.0 Å². The van der Waals surface area contributed by atoms with Crippen LogP contribution < -0.4 is 0 Å². The smallest absolute Gasteiger partial charge is 0.289 e. The van der Waals surface area contributed by atoms with Gasteiger partial charge in [-0.25, -0.2) is 4.98 Å². The molecule has 1 atom stereocenters. The summed E-state index contributed by atoms with van der Waals surface area (Å²) in [7, 11) is 0. The van der Waals surface area contributed by atoms with Crippen LogP contribution in [0, 0.1) is 0 Å². The number of hydrogen-bond acceptors (Lipinski definition) is 3. The fourth-order valence-corrected chi connectivity index (χ4v) is 3.14. The molecule has 0 saturated heterocycles. The van der Waals surface area contributed by atoms with Crippen molar-refractivity contribution in [2.24, 2.45) is 0 Å². The number of Topliss-reactive ketones (excluding diaryl/α,β-unsaturated/α-hetero) is 1. The predicted molar refractivity (Wildman–Crippen MR) is 95.2 cm³/mol. The Balaban J connectivity index is 2.38. The molecule has 2 rings (SSSR count). The van der Waals surface area contributed by atoms with E-state index in [1.54, 1.807) is 23.1 Å². The summed E-state index contributed by atoms with van der Waals surface area (Å²) in [5.74, 6) is -0.706. The van der Waals surface area contributed by atoms with Gasteiger partial charge < -0.3 is 9.47 Å². The number of alkyl halides is 1. The number of halogens is 3. The van der Waals surface area contributed by atoms with Crippen molar-refractivity contribution in [1.29, 1.82) is 0 Å². The molecule has 0 fully saturated rings. The van der Waals surface area contributed by atoms with Crippen LogP contribution in [-0.2, 0) is 0 Å². The molecule has 0 N–H and O–H groups in total. The van der Waals surface area contributed by atoms with Crippen molar-refractivity contribution >= 4 is 46.5 Å². The number of benzene rings is 1. The largest absolute Gasteiger partial charge is 0.337 e. The molecule has 1 heterocycles. The lowest BCUT2D eigenvalue weighted by Gasteiger charge is -2.20. The van der Waals surface area contributed by atoms with Crippen LogP contribution in [0.25, 0.3) is 0 Å². The summed E-state index contributed by atoms with van der Waals surface area (Å²) in [4.78, 5) is 30.8. The van der Waals surface area contributed by atoms with Gasteiger partial charge in [0.05, 0.1) is 15.6 Å². The van der Waals surface area contributed by atoms with Gasteiger partial charge in [-0.2, -0.15) is 0 Å². The van der Waals surface area contributed by atoms with E-state index in [2.05, 4.69) is 4.98 Å². The zero-order valence-corrected chi connectivity index (χ0v) is 15.4. The quantitative estimate of drug-likeness (QED) is 0.548. The predicted octanol–water partition coefficient (Wildman–Crippen LogP) is 4.29. The summed E-state index contributed by atoms with van der Waals surface area (Å²) in [6, 6.07) is 4.75. The van der Waals surface area contributed by atoms with Crippen molar-refractivity contribution in [3.63, 3.8) is 0 Å². The van der Waals surface area contributed by atoms with Crippen LogP contribution in [0.5, 0.6) is 0 Å². The van der Waals surface area contributed by atoms with Crippen molar-refractivity contribution in [2.45, 2.75) is 19.3 Å². The molecule has 0 aliphatic rings. The standard InChI is InChI=1S/C16H16Cl3N3O2/c1-3-21(4-2)16(24)15-20-8-9-22(15)14(19)13(23)12-10(17)6-5-7-11(12)18/h5-9,14H,3-4H2,1-2H3. The van der Waals surface area contributed by atoms with E-state index in [4.69, 9.17) is 34.8 Å². The molecule has 0 bridgehead atoms. The number of amides is 1. The molecule has 1 aromatic carbocycles. The van der Waals surface area contributed by atoms with Crippen molar-refractivity contribution in [3.05, 3.63) is 52.0 Å². The van der Waals surface area contributed by atoms with Gasteiger partial charge in [0.25, 0.3) is 5.91 Å². The third kappa shape index (κ3) is 3.58. The molecular formula is C16H16Cl3N3O2. The number of carbonyl (C=O) groups is 2. The number of hydrogen-bond donors (Lipinski definition) is 0. The Morgan fingerprint density at radius 2 is 1.79 bits per heavy atom. The first-order valence-electron chi connectivity index (χ1n) is 7.36. The first kappa shape index (κ1) is 18.8. The lowest BCUT2D eigenvalue weighted by Crippen LogP contribution is -2.33. The van der Waals surface area contributed by atoms with Gasteiger partial charge in [0, 0.05) is 25.5 Å². The van der Waals surface area contributed by atoms with E-state index in [1.807, 2.05) is 13.8 Å². The van der Waals surface area contributed by atoms with Gasteiger partial charge in [0.2, 0.25) is 11.6 Å². The maximum absolute atomic E-state index is 12.7. The summed E-state index contributed by atoms with van der Waals surface area (Å²) in [6.45, 7) is 4.78. The Labute approximate surface area is 155 Å². The maximum Gasteiger partial charge on any atom is 0.289 e. The number of rotatable bonds is 6. The van der Waals surface area contributed by atoms with Crippen LogP contribution in [0.2, 0.25) is 10.0 Å². The Bertz CT molecular complexity index is 737. The highest BCUT2D eigenvalue weighted by atomic mass is 35.5. The van der Waals surface area contributed by atoms with Gasteiger partial charge in [0.1, 0.15) is 0 Å². The molecular weight excluding hydrogens is 373 g/mol. The van der Waals surface area contributed by atoms with Gasteiger partial charge in [-0.3, -0.25) is 9.59 Å². The van der Waals surface area contributed by atoms with Crippen LogP contribution in [0.3, 0.4) is 0 Å². The molecule has 1 unspecified atom stereocenters. The van der Waals surface area contributed by atoms with E-state index in [-0.39, 0.29) is 27.3 Å². The molecule has 24 heavy (non-hydrogen) atoms. The van der Waals surface area contributed by atoms with Crippen molar-refractivity contribution in [1.82, 2.24) is 14.5 Å². The molecule has 128 valence electrons. The summed E-state index contributed by atoms with van der Waals surface area (Å²) >= 11 is 18.4. The summed E-state index contributed by atoms with van der Waals surface area (Å²) in [5.41, 5.74) is -1.06. The van der Waals surface area contributed by atoms with Crippen molar-refractivity contribution < 1.29 is 9.59 Å². The van der Waals surface area contributed by atoms with Crippen LogP contribution in [0.4, 0.5) is 0 Å². The van der Waals surface area contributed by atoms with Crippen LogP contribution in [-0.4, -0.2) is 39.2 Å². The van der Waals surface area contributed by atoms with Crippen LogP contribution in [0.15, 0.2) is 30.6 Å². The van der Waals surface area contributed by atoms with Crippen molar-refractivity contribution in [2.75, 3.05) is 13.1 Å². The van der Waals surface area contributed by atoms with E-state index in [0.717, 1.165) is 0 Å². The fraction of sp³-hybridized carbons (Fsp3) is 0.312. The first-order valence-corrected chi connectivity index (χ1v) is 8.55. The molecule has 0 radical (unpaired) electrons. The van der Waals surface area contributed by atoms with Gasteiger partial charge in [-0.1, -0.05) is 40.9 Å². The highest BCUT2D eigenvalue weighted by Gasteiger charge is 2.28. The van der Waals surface area contributed by atoms with Crippen molar-refractivity contribution in [3.8, 4) is 0 Å². The zero-order valence-electron chi connectivity index (χ0n) is 13.2. The SMILES string of the molecule is CCN(CC)C(=O)c1nccn1C(Cl)C(=O)c1c(Cl)cccc1Cl. The molecule has 0 aliphatic heterocycles. The second kappa shape index (κ2) is 8.01. The molecule has 0 aliphatic carbocycles. The highest BCUT2D eigenvalue weighted by molar-refractivity contribution is 6.42. The monoisotopic (exact) mass is 387 g/mol. The average Bonchev–Trinajstić information content (AvgIpc) is 3.04. The molecule has 1 amide bonds. The summed E-state index contributed by atoms with van der Waals surface area (Å²) < 4.78 is 1.32. The molecule has 8 heteroatoms. The number of nitrogens with zero attached hydrogens (tertiary/aromatic N) is 3. The zero-order chi connectivity index (χ0) is 17.9. The fourth-order valence-electron chi connectivity index (χ4n) is 2.29. The second-order valence-corrected chi connectivity index (χ2v) is 6.16. The number of carbonyl (C=O) groups excluding carboxylic acids is 2. The highest BCUT2D eigenvalue weighted by Crippen LogP contribution is 2.30. The third-order valence-electron chi connectivity index (χ3n) is 3.58. The van der Waals surface area contributed by atoms with Gasteiger partial charge in [0.15, 0.2) is 5.50 Å². The number of aromatic nitrogens is 2. The molecule has 0 saturated carbocycles. The molecule has 2 aromatic rings. The molecule has 5 nitrogen and oxygen atoms in total. The van der Waals surface area contributed by atoms with E-state index in [0.29, 0.717) is 13.1 Å². The molecule has 0 spiro atoms. The second-order valence-electron chi connectivity index (χ2n) is 4.93. The minimum absolute atomic E-state index is 0.0928. The third-order valence-corrected chi connectivity index (χ3v) is 4.62. The van der Waals surface area contributed by atoms with Gasteiger partial charge in [-0.15, -0.1) is 0 Å². The number of ketones is 1. The Kier molecular flexibility index (Phi) is 6.27. The van der Waals surface area contributed by atoms with E-state index in [1.165, 1.54) is 17.0 Å². The lowest BCUT2D eigenvalue weighted by atomic mass is 10.1. The van der Waals surface area contributed by atoms with E-state index < -0.39 is 11.3 Å². The van der Waals surface area contributed by atoms with Crippen LogP contribution >= 0.6 is 34.8 Å². The van der Waals surface area contributed by atoms with E-state index >= 15 is 0 Å². The Morgan fingerprint density at radius 3 is 2.33 bits per heavy atom. The Hall–Kier alpha value is -1.56. The summed E-state index contributed by atoms with van der Waals surface area (Å²) in [6.07, 6.45) is 2.91. The topological polar surface area (TPSA) is 55.2 Å². The summed E-state index contributed by atoms with van der Waals surface area (Å²) in [5, 5.41) is 0.407. The normalized spacial score (nSPS) is 12.0. The Morgan fingerprint density at radius 1 is 1.21 bits per heavy atom. The van der Waals surface area contributed by atoms with Gasteiger partial charge >= 0.3 is 0 Å².